The maximum Gasteiger partial charge on any atom is 0.251 e. The summed E-state index contributed by atoms with van der Waals surface area (Å²) in [5.41, 5.74) is 2.33. The predicted molar refractivity (Wildman–Crippen MR) is 82.6 cm³/mol. The smallest absolute Gasteiger partial charge is 0.251 e. The molecule has 20 heavy (non-hydrogen) atoms. The minimum absolute atomic E-state index is 0.146. The van der Waals surface area contributed by atoms with Gasteiger partial charge >= 0.3 is 0 Å². The van der Waals surface area contributed by atoms with Crippen LogP contribution in [0.25, 0.3) is 0 Å². The van der Waals surface area contributed by atoms with Gasteiger partial charge < -0.3 is 10.6 Å². The van der Waals surface area contributed by atoms with E-state index >= 15 is 0 Å². The van der Waals surface area contributed by atoms with E-state index in [1.807, 2.05) is 13.0 Å². The average molecular weight is 356 g/mol. The van der Waals surface area contributed by atoms with Crippen molar-refractivity contribution in [2.75, 3.05) is 12.4 Å². The Hall–Kier alpha value is -1.66. The molecule has 0 aliphatic heterocycles. The SMILES string of the molecule is CNC(=O)c1ccc(C)c(Nc2nc(Cl)ncc2Br)c1. The molecule has 0 saturated carbocycles. The fourth-order valence-electron chi connectivity index (χ4n) is 1.60. The van der Waals surface area contributed by atoms with Crippen LogP contribution in [0.1, 0.15) is 15.9 Å². The van der Waals surface area contributed by atoms with Gasteiger partial charge in [0.25, 0.3) is 5.91 Å². The highest BCUT2D eigenvalue weighted by Gasteiger charge is 2.09. The molecule has 0 aliphatic rings. The van der Waals surface area contributed by atoms with Gasteiger partial charge in [-0.15, -0.1) is 0 Å². The molecule has 7 heteroatoms. The molecule has 0 radical (unpaired) electrons. The highest BCUT2D eigenvalue weighted by atomic mass is 79.9. The van der Waals surface area contributed by atoms with E-state index in [2.05, 4.69) is 36.5 Å². The maximum atomic E-state index is 11.7. The average Bonchev–Trinajstić information content (AvgIpc) is 2.44. The summed E-state index contributed by atoms with van der Waals surface area (Å²) < 4.78 is 0.687. The standard InChI is InChI=1S/C13H12BrClN4O/c1-7-3-4-8(12(20)16-2)5-10(7)18-11-9(14)6-17-13(15)19-11/h3-6H,1-2H3,(H,16,20)(H,17,18,19). The Kier molecular flexibility index (Phi) is 4.57. The molecule has 0 fully saturated rings. The molecule has 0 atom stereocenters. The molecule has 1 aromatic heterocycles. The fourth-order valence-corrected chi connectivity index (χ4v) is 2.03. The molecule has 104 valence electrons. The lowest BCUT2D eigenvalue weighted by Gasteiger charge is -2.11. The number of aromatic nitrogens is 2. The monoisotopic (exact) mass is 354 g/mol. The lowest BCUT2D eigenvalue weighted by Crippen LogP contribution is -2.17. The number of nitrogens with one attached hydrogen (secondary N) is 2. The lowest BCUT2D eigenvalue weighted by molar-refractivity contribution is 0.0963. The van der Waals surface area contributed by atoms with Gasteiger partial charge in [0.1, 0.15) is 5.82 Å². The van der Waals surface area contributed by atoms with Crippen LogP contribution in [0.4, 0.5) is 11.5 Å². The highest BCUT2D eigenvalue weighted by Crippen LogP contribution is 2.26. The Morgan fingerprint density at radius 2 is 2.15 bits per heavy atom. The summed E-state index contributed by atoms with van der Waals surface area (Å²) in [5, 5.41) is 5.88. The van der Waals surface area contributed by atoms with Crippen molar-refractivity contribution in [2.45, 2.75) is 6.92 Å². The van der Waals surface area contributed by atoms with Gasteiger partial charge in [-0.05, 0) is 52.2 Å². The largest absolute Gasteiger partial charge is 0.355 e. The topological polar surface area (TPSA) is 66.9 Å². The summed E-state index contributed by atoms with van der Waals surface area (Å²) in [7, 11) is 1.59. The lowest BCUT2D eigenvalue weighted by atomic mass is 10.1. The van der Waals surface area contributed by atoms with E-state index in [-0.39, 0.29) is 11.2 Å². The number of nitrogens with zero attached hydrogens (tertiary/aromatic N) is 2. The number of anilines is 2. The molecule has 2 aromatic rings. The highest BCUT2D eigenvalue weighted by molar-refractivity contribution is 9.10. The van der Waals surface area contributed by atoms with E-state index in [9.17, 15) is 4.79 Å². The molecule has 1 heterocycles. The van der Waals surface area contributed by atoms with E-state index in [4.69, 9.17) is 11.6 Å². The van der Waals surface area contributed by atoms with E-state index in [1.165, 1.54) is 0 Å². The summed E-state index contributed by atoms with van der Waals surface area (Å²) in [6.07, 6.45) is 1.57. The van der Waals surface area contributed by atoms with Gasteiger partial charge in [-0.25, -0.2) is 4.98 Å². The zero-order valence-electron chi connectivity index (χ0n) is 10.9. The van der Waals surface area contributed by atoms with Crippen LogP contribution in [0.5, 0.6) is 0 Å². The zero-order chi connectivity index (χ0) is 14.7. The summed E-state index contributed by atoms with van der Waals surface area (Å²) >= 11 is 9.13. The summed E-state index contributed by atoms with van der Waals surface area (Å²) in [6, 6.07) is 5.39. The quantitative estimate of drug-likeness (QED) is 0.829. The van der Waals surface area contributed by atoms with Gasteiger partial charge in [0.15, 0.2) is 0 Å². The first kappa shape index (κ1) is 14.7. The van der Waals surface area contributed by atoms with Crippen LogP contribution in [-0.2, 0) is 0 Å². The number of aryl methyl sites for hydroxylation is 1. The third-order valence-corrected chi connectivity index (χ3v) is 3.46. The van der Waals surface area contributed by atoms with Crippen molar-refractivity contribution in [3.05, 3.63) is 45.3 Å². The first-order valence-corrected chi connectivity index (χ1v) is 6.96. The molecule has 0 saturated heterocycles. The van der Waals surface area contributed by atoms with Gasteiger partial charge in [0.05, 0.1) is 4.47 Å². The molecule has 0 aliphatic carbocycles. The Balaban J connectivity index is 2.37. The van der Waals surface area contributed by atoms with Crippen LogP contribution in [0.2, 0.25) is 5.28 Å². The molecule has 2 N–H and O–H groups in total. The van der Waals surface area contributed by atoms with Gasteiger partial charge in [0.2, 0.25) is 5.28 Å². The Bertz CT molecular complexity index is 663. The number of benzene rings is 1. The zero-order valence-corrected chi connectivity index (χ0v) is 13.2. The third-order valence-electron chi connectivity index (χ3n) is 2.69. The van der Waals surface area contributed by atoms with Gasteiger partial charge in [-0.1, -0.05) is 6.07 Å². The summed E-state index contributed by atoms with van der Waals surface area (Å²) in [4.78, 5) is 19.6. The van der Waals surface area contributed by atoms with Crippen molar-refractivity contribution in [1.29, 1.82) is 0 Å². The van der Waals surface area contributed by atoms with Crippen LogP contribution in [0.15, 0.2) is 28.9 Å². The van der Waals surface area contributed by atoms with Crippen LogP contribution in [-0.4, -0.2) is 22.9 Å². The molecular formula is C13H12BrClN4O. The Labute approximate surface area is 129 Å². The van der Waals surface area contributed by atoms with Crippen molar-refractivity contribution in [3.63, 3.8) is 0 Å². The van der Waals surface area contributed by atoms with Crippen molar-refractivity contribution < 1.29 is 4.79 Å². The van der Waals surface area contributed by atoms with Crippen molar-refractivity contribution in [3.8, 4) is 0 Å². The predicted octanol–water partition coefficient (Wildman–Crippen LogP) is 3.30. The molecule has 0 bridgehead atoms. The van der Waals surface area contributed by atoms with Crippen LogP contribution < -0.4 is 10.6 Å². The number of halogens is 2. The normalized spacial score (nSPS) is 10.2. The van der Waals surface area contributed by atoms with Gasteiger partial charge in [0, 0.05) is 24.5 Å². The van der Waals surface area contributed by atoms with Gasteiger partial charge in [-0.2, -0.15) is 4.98 Å². The van der Waals surface area contributed by atoms with Crippen LogP contribution >= 0.6 is 27.5 Å². The number of amides is 1. The molecule has 1 amide bonds. The molecule has 5 nitrogen and oxygen atoms in total. The van der Waals surface area contributed by atoms with Crippen molar-refractivity contribution >= 4 is 44.9 Å². The van der Waals surface area contributed by atoms with E-state index in [0.29, 0.717) is 15.9 Å². The van der Waals surface area contributed by atoms with Crippen LogP contribution in [0.3, 0.4) is 0 Å². The number of carbonyl (C=O) groups excluding carboxylic acids is 1. The minimum atomic E-state index is -0.146. The van der Waals surface area contributed by atoms with Gasteiger partial charge in [-0.3, -0.25) is 4.79 Å². The van der Waals surface area contributed by atoms with E-state index in [1.54, 1.807) is 25.4 Å². The second kappa shape index (κ2) is 6.19. The Morgan fingerprint density at radius 1 is 1.40 bits per heavy atom. The van der Waals surface area contributed by atoms with Crippen LogP contribution in [0, 0.1) is 6.92 Å². The molecule has 0 unspecified atom stereocenters. The van der Waals surface area contributed by atoms with E-state index in [0.717, 1.165) is 11.3 Å². The van der Waals surface area contributed by atoms with Crippen molar-refractivity contribution in [2.24, 2.45) is 0 Å². The Morgan fingerprint density at radius 3 is 2.85 bits per heavy atom. The third kappa shape index (κ3) is 3.26. The maximum absolute atomic E-state index is 11.7. The second-order valence-electron chi connectivity index (χ2n) is 4.07. The number of carbonyl (C=O) groups is 1. The van der Waals surface area contributed by atoms with E-state index < -0.39 is 0 Å². The van der Waals surface area contributed by atoms with Crippen molar-refractivity contribution in [1.82, 2.24) is 15.3 Å². The summed E-state index contributed by atoms with van der Waals surface area (Å²) in [5.74, 6) is 0.398. The molecule has 0 spiro atoms. The fraction of sp³-hybridized carbons (Fsp3) is 0.154. The minimum Gasteiger partial charge on any atom is -0.355 e. The summed E-state index contributed by atoms with van der Waals surface area (Å²) in [6.45, 7) is 1.94. The second-order valence-corrected chi connectivity index (χ2v) is 5.26. The number of hydrogen-bond acceptors (Lipinski definition) is 4. The first-order chi connectivity index (χ1) is 9.51. The first-order valence-electron chi connectivity index (χ1n) is 5.79. The number of rotatable bonds is 3. The molecular weight excluding hydrogens is 344 g/mol. The number of hydrogen-bond donors (Lipinski definition) is 2. The molecule has 1 aromatic carbocycles. The molecule has 2 rings (SSSR count).